The third-order valence-electron chi connectivity index (χ3n) is 6.07. The van der Waals surface area contributed by atoms with Gasteiger partial charge in [-0.2, -0.15) is 10.1 Å². The van der Waals surface area contributed by atoms with Crippen LogP contribution < -0.4 is 4.74 Å². The highest BCUT2D eigenvalue weighted by Gasteiger charge is 2.22. The van der Waals surface area contributed by atoms with E-state index in [0.29, 0.717) is 18.7 Å². The van der Waals surface area contributed by atoms with Gasteiger partial charge in [-0.1, -0.05) is 31.0 Å². The van der Waals surface area contributed by atoms with Crippen LogP contribution in [0.5, 0.6) is 5.88 Å². The van der Waals surface area contributed by atoms with E-state index >= 15 is 0 Å². The average Bonchev–Trinajstić information content (AvgIpc) is 2.93. The Labute approximate surface area is 177 Å². The molecule has 1 aliphatic rings. The summed E-state index contributed by atoms with van der Waals surface area (Å²) in [5, 5.41) is 5.78. The quantitative estimate of drug-likeness (QED) is 0.631. The molecule has 30 heavy (non-hydrogen) atoms. The number of ether oxygens (including phenoxy) is 1. The molecule has 2 aromatic heterocycles. The van der Waals surface area contributed by atoms with E-state index in [2.05, 4.69) is 6.92 Å². The number of fused-ring (bicyclic) bond motifs is 1. The molecule has 1 fully saturated rings. The summed E-state index contributed by atoms with van der Waals surface area (Å²) in [5.74, 6) is 0.816. The van der Waals surface area contributed by atoms with Crippen molar-refractivity contribution < 1.29 is 9.53 Å². The number of rotatable bonds is 5. The molecule has 1 saturated heterocycles. The first kappa shape index (κ1) is 20.4. The van der Waals surface area contributed by atoms with Crippen molar-refractivity contribution in [2.45, 2.75) is 52.4 Å². The number of methoxy groups -OCH3 is 1. The van der Waals surface area contributed by atoms with Gasteiger partial charge in [0.1, 0.15) is 0 Å². The Bertz CT molecular complexity index is 1030. The molecule has 158 valence electrons. The molecule has 0 spiro atoms. The zero-order chi connectivity index (χ0) is 21.1. The third kappa shape index (κ3) is 3.91. The molecule has 0 unspecified atom stereocenters. The number of aryl methyl sites for hydroxylation is 2. The second-order valence-electron chi connectivity index (χ2n) is 8.05. The van der Waals surface area contributed by atoms with E-state index in [1.54, 1.807) is 7.11 Å². The van der Waals surface area contributed by atoms with Crippen LogP contribution in [-0.4, -0.2) is 45.8 Å². The number of nitrogens with zero attached hydrogens (tertiary/aromatic N) is 4. The van der Waals surface area contributed by atoms with Crippen molar-refractivity contribution in [3.05, 3.63) is 47.2 Å². The number of likely N-dealkylation sites (tertiary alicyclic amines) is 1. The first-order valence-electron chi connectivity index (χ1n) is 10.9. The number of pyridine rings is 1. The van der Waals surface area contributed by atoms with Crippen LogP contribution in [-0.2, 0) is 11.2 Å². The number of benzene rings is 1. The molecule has 1 aromatic carbocycles. The predicted molar refractivity (Wildman–Crippen MR) is 118 cm³/mol. The van der Waals surface area contributed by atoms with Crippen molar-refractivity contribution >= 4 is 16.9 Å². The van der Waals surface area contributed by atoms with Crippen LogP contribution in [0.25, 0.3) is 16.7 Å². The first-order valence-corrected chi connectivity index (χ1v) is 10.9. The van der Waals surface area contributed by atoms with E-state index < -0.39 is 0 Å². The lowest BCUT2D eigenvalue weighted by molar-refractivity contribution is -0.131. The maximum Gasteiger partial charge on any atom is 0.222 e. The summed E-state index contributed by atoms with van der Waals surface area (Å²) < 4.78 is 7.52. The second-order valence-corrected chi connectivity index (χ2v) is 8.05. The number of aromatic nitrogens is 3. The van der Waals surface area contributed by atoms with Gasteiger partial charge in [-0.15, -0.1) is 0 Å². The molecule has 0 atom stereocenters. The minimum Gasteiger partial charge on any atom is -0.481 e. The van der Waals surface area contributed by atoms with Crippen molar-refractivity contribution in [3.8, 4) is 11.6 Å². The van der Waals surface area contributed by atoms with E-state index in [1.165, 1.54) is 12.8 Å². The van der Waals surface area contributed by atoms with Gasteiger partial charge in [0.05, 0.1) is 18.5 Å². The van der Waals surface area contributed by atoms with E-state index in [0.717, 1.165) is 59.5 Å². The van der Waals surface area contributed by atoms with Gasteiger partial charge in [0.2, 0.25) is 11.8 Å². The monoisotopic (exact) mass is 406 g/mol. The highest BCUT2D eigenvalue weighted by atomic mass is 16.5. The lowest BCUT2D eigenvalue weighted by atomic mass is 10.0. The Balaban J connectivity index is 1.66. The normalized spacial score (nSPS) is 14.7. The fourth-order valence-electron chi connectivity index (χ4n) is 4.45. The van der Waals surface area contributed by atoms with Crippen LogP contribution in [0.4, 0.5) is 0 Å². The molecule has 3 heterocycles. The van der Waals surface area contributed by atoms with Crippen LogP contribution in [0.3, 0.4) is 0 Å². The van der Waals surface area contributed by atoms with Gasteiger partial charge in [0.25, 0.3) is 0 Å². The standard InChI is InChI=1S/C24H30N4O2/c1-17-20(13-14-21(29)27-15-9-4-5-10-16-27)24(30-3)25-23-22(17)18(2)26-28(23)19-11-7-6-8-12-19/h6-8,11-12H,4-5,9-10,13-16H2,1-3H3. The van der Waals surface area contributed by atoms with Crippen LogP contribution in [0.1, 0.15) is 48.9 Å². The van der Waals surface area contributed by atoms with Gasteiger partial charge < -0.3 is 9.64 Å². The fourth-order valence-corrected chi connectivity index (χ4v) is 4.45. The average molecular weight is 407 g/mol. The largest absolute Gasteiger partial charge is 0.481 e. The molecule has 0 saturated carbocycles. The highest BCUT2D eigenvalue weighted by Crippen LogP contribution is 2.32. The number of hydrogen-bond acceptors (Lipinski definition) is 4. The van der Waals surface area contributed by atoms with Crippen LogP contribution >= 0.6 is 0 Å². The number of hydrogen-bond donors (Lipinski definition) is 0. The molecule has 0 bridgehead atoms. The van der Waals surface area contributed by atoms with Gasteiger partial charge >= 0.3 is 0 Å². The zero-order valence-electron chi connectivity index (χ0n) is 18.1. The van der Waals surface area contributed by atoms with E-state index in [1.807, 2.05) is 46.8 Å². The van der Waals surface area contributed by atoms with Crippen LogP contribution in [0.15, 0.2) is 30.3 Å². The molecule has 6 heteroatoms. The summed E-state index contributed by atoms with van der Waals surface area (Å²) in [7, 11) is 1.64. The van der Waals surface area contributed by atoms with Crippen LogP contribution in [0.2, 0.25) is 0 Å². The number of carbonyl (C=O) groups excluding carboxylic acids is 1. The van der Waals surface area contributed by atoms with Gasteiger partial charge in [-0.3, -0.25) is 4.79 Å². The third-order valence-corrected chi connectivity index (χ3v) is 6.07. The Morgan fingerprint density at radius 2 is 1.77 bits per heavy atom. The maximum absolute atomic E-state index is 12.8. The number of carbonyl (C=O) groups is 1. The zero-order valence-corrected chi connectivity index (χ0v) is 18.1. The Morgan fingerprint density at radius 1 is 1.07 bits per heavy atom. The van der Waals surface area contributed by atoms with Crippen LogP contribution in [0, 0.1) is 13.8 Å². The summed E-state index contributed by atoms with van der Waals surface area (Å²) in [5.41, 5.74) is 4.79. The van der Waals surface area contributed by atoms with Gasteiger partial charge in [0.15, 0.2) is 5.65 Å². The molecular weight excluding hydrogens is 376 g/mol. The molecule has 6 nitrogen and oxygen atoms in total. The SMILES string of the molecule is COc1nc2c(c(C)nn2-c2ccccc2)c(C)c1CCC(=O)N1CCCCCC1. The minimum absolute atomic E-state index is 0.232. The summed E-state index contributed by atoms with van der Waals surface area (Å²) in [6, 6.07) is 10.0. The summed E-state index contributed by atoms with van der Waals surface area (Å²) in [6.45, 7) is 5.86. The van der Waals surface area contributed by atoms with E-state index in [4.69, 9.17) is 14.8 Å². The Morgan fingerprint density at radius 3 is 2.43 bits per heavy atom. The van der Waals surface area contributed by atoms with Crippen molar-refractivity contribution in [3.63, 3.8) is 0 Å². The fraction of sp³-hybridized carbons (Fsp3) is 0.458. The number of para-hydroxylation sites is 1. The van der Waals surface area contributed by atoms with Gasteiger partial charge in [-0.05, 0) is 50.8 Å². The van der Waals surface area contributed by atoms with Crippen molar-refractivity contribution in [2.24, 2.45) is 0 Å². The topological polar surface area (TPSA) is 60.3 Å². The predicted octanol–water partition coefficient (Wildman–Crippen LogP) is 4.38. The lowest BCUT2D eigenvalue weighted by Crippen LogP contribution is -2.32. The summed E-state index contributed by atoms with van der Waals surface area (Å²) >= 11 is 0. The lowest BCUT2D eigenvalue weighted by Gasteiger charge is -2.21. The Kier molecular flexibility index (Phi) is 6.02. The minimum atomic E-state index is 0.232. The van der Waals surface area contributed by atoms with E-state index in [-0.39, 0.29) is 5.91 Å². The molecule has 1 aliphatic heterocycles. The molecular formula is C24H30N4O2. The molecule has 0 radical (unpaired) electrons. The van der Waals surface area contributed by atoms with Crippen molar-refractivity contribution in [1.82, 2.24) is 19.7 Å². The Hall–Kier alpha value is -2.89. The van der Waals surface area contributed by atoms with Gasteiger partial charge in [0, 0.05) is 30.5 Å². The van der Waals surface area contributed by atoms with Crippen molar-refractivity contribution in [2.75, 3.05) is 20.2 Å². The molecule has 1 amide bonds. The van der Waals surface area contributed by atoms with E-state index in [9.17, 15) is 4.79 Å². The molecule has 4 rings (SSSR count). The summed E-state index contributed by atoms with van der Waals surface area (Å²) in [4.78, 5) is 19.6. The molecule has 3 aromatic rings. The second kappa shape index (κ2) is 8.86. The van der Waals surface area contributed by atoms with Crippen molar-refractivity contribution in [1.29, 1.82) is 0 Å². The summed E-state index contributed by atoms with van der Waals surface area (Å²) in [6.07, 6.45) is 5.78. The van der Waals surface area contributed by atoms with Gasteiger partial charge in [-0.25, -0.2) is 4.68 Å². The maximum atomic E-state index is 12.8. The molecule has 0 aliphatic carbocycles. The molecule has 0 N–H and O–H groups in total. The smallest absolute Gasteiger partial charge is 0.222 e. The number of amides is 1. The highest BCUT2D eigenvalue weighted by molar-refractivity contribution is 5.86. The first-order chi connectivity index (χ1) is 14.6.